The molecule has 0 radical (unpaired) electrons. The Morgan fingerprint density at radius 3 is 2.51 bits per heavy atom. The number of carbonyl (C=O) groups is 2. The number of aliphatic hydroxyl groups excluding tert-OH is 1. The third kappa shape index (κ3) is 5.86. The van der Waals surface area contributed by atoms with E-state index in [0.717, 1.165) is 53.7 Å². The number of benzene rings is 1. The van der Waals surface area contributed by atoms with Gasteiger partial charge < -0.3 is 9.84 Å². The quantitative estimate of drug-likeness (QED) is 0.326. The van der Waals surface area contributed by atoms with Crippen LogP contribution in [-0.4, -0.2) is 27.7 Å². The van der Waals surface area contributed by atoms with Gasteiger partial charge in [0.2, 0.25) is 0 Å². The zero-order valence-corrected chi connectivity index (χ0v) is 23.0. The molecule has 2 atom stereocenters. The molecular formula is C29H38O4S2. The molecule has 1 N–H and O–H groups in total. The number of carbonyl (C=O) groups excluding carboxylic acids is 2. The predicted molar refractivity (Wildman–Crippen MR) is 143 cm³/mol. The van der Waals surface area contributed by atoms with Crippen molar-refractivity contribution in [1.29, 1.82) is 0 Å². The smallest absolute Gasteiger partial charge is 0.327 e. The first-order valence-electron chi connectivity index (χ1n) is 12.8. The number of ether oxygens (including phenoxy) is 1. The molecule has 2 fully saturated rings. The second-order valence-corrected chi connectivity index (χ2v) is 13.2. The molecule has 0 bridgehead atoms. The van der Waals surface area contributed by atoms with Crippen molar-refractivity contribution < 1.29 is 19.4 Å². The molecule has 1 aromatic carbocycles. The normalized spacial score (nSPS) is 24.0. The fourth-order valence-corrected chi connectivity index (χ4v) is 7.67. The molecule has 2 aromatic rings. The summed E-state index contributed by atoms with van der Waals surface area (Å²) < 4.78 is 6.35. The van der Waals surface area contributed by atoms with Gasteiger partial charge in [-0.05, 0) is 89.1 Å². The highest BCUT2D eigenvalue weighted by molar-refractivity contribution is 8.01. The Hall–Kier alpha value is -1.63. The van der Waals surface area contributed by atoms with E-state index < -0.39 is 10.9 Å². The van der Waals surface area contributed by atoms with Gasteiger partial charge >= 0.3 is 5.97 Å². The van der Waals surface area contributed by atoms with Crippen LogP contribution >= 0.6 is 23.1 Å². The second kappa shape index (κ2) is 10.8. The van der Waals surface area contributed by atoms with E-state index in [-0.39, 0.29) is 29.7 Å². The highest BCUT2D eigenvalue weighted by Crippen LogP contribution is 2.46. The second-order valence-electron chi connectivity index (χ2n) is 11.3. The van der Waals surface area contributed by atoms with Gasteiger partial charge in [0.15, 0.2) is 11.0 Å². The Morgan fingerprint density at radius 2 is 1.91 bits per heavy atom. The van der Waals surface area contributed by atoms with Crippen LogP contribution in [0.15, 0.2) is 33.9 Å². The van der Waals surface area contributed by atoms with E-state index in [4.69, 9.17) is 4.74 Å². The number of rotatable bonds is 7. The Balaban J connectivity index is 1.60. The number of hydrogen-bond acceptors (Lipinski definition) is 6. The fourth-order valence-electron chi connectivity index (χ4n) is 5.62. The number of cyclic esters (lactones) is 1. The Bertz CT molecular complexity index is 1030. The van der Waals surface area contributed by atoms with Crippen molar-refractivity contribution in [3.63, 3.8) is 0 Å². The molecule has 1 aromatic heterocycles. The number of ketones is 1. The van der Waals surface area contributed by atoms with Crippen LogP contribution in [0.25, 0.3) is 0 Å². The lowest BCUT2D eigenvalue weighted by Gasteiger charge is -2.45. The summed E-state index contributed by atoms with van der Waals surface area (Å²) in [6.07, 6.45) is 7.39. The molecule has 1 unspecified atom stereocenters. The van der Waals surface area contributed by atoms with Gasteiger partial charge in [-0.15, -0.1) is 11.8 Å². The van der Waals surface area contributed by atoms with Crippen LogP contribution in [0.3, 0.4) is 0 Å². The first-order valence-corrected chi connectivity index (χ1v) is 14.6. The minimum absolute atomic E-state index is 0.00844. The van der Waals surface area contributed by atoms with Gasteiger partial charge in [-0.3, -0.25) is 9.59 Å². The fraction of sp³-hybridized carbons (Fsp3) is 0.586. The van der Waals surface area contributed by atoms with Gasteiger partial charge in [0.05, 0.1) is 6.61 Å². The molecule has 1 aliphatic carbocycles. The Kier molecular flexibility index (Phi) is 8.14. The zero-order valence-electron chi connectivity index (χ0n) is 21.4. The molecule has 1 aliphatic heterocycles. The van der Waals surface area contributed by atoms with E-state index in [1.54, 1.807) is 11.3 Å². The van der Waals surface area contributed by atoms with E-state index >= 15 is 0 Å². The molecule has 2 heterocycles. The summed E-state index contributed by atoms with van der Waals surface area (Å²) in [6, 6.07) is 6.15. The van der Waals surface area contributed by atoms with Gasteiger partial charge in [0, 0.05) is 11.3 Å². The molecule has 2 aliphatic rings. The standard InChI is InChI=1S/C29H38O4S2/c1-19-14-25(23(28(2,3)4)15-21(19)17-30)35-26-24(31)16-29(33-27(26)32,22-8-6-5-7-9-22)12-10-20-11-13-34-18-20/h11,13-15,18,22,26,30H,5-10,12,16-17H2,1-4H3/t26?,29-/m0/s1. The van der Waals surface area contributed by atoms with Crippen molar-refractivity contribution in [1.82, 2.24) is 0 Å². The number of thioether (sulfide) groups is 1. The number of hydrogen-bond donors (Lipinski definition) is 1. The highest BCUT2D eigenvalue weighted by Gasteiger charge is 2.51. The lowest BCUT2D eigenvalue weighted by molar-refractivity contribution is -0.179. The van der Waals surface area contributed by atoms with Crippen LogP contribution in [-0.2, 0) is 32.8 Å². The lowest BCUT2D eigenvalue weighted by atomic mass is 9.70. The summed E-state index contributed by atoms with van der Waals surface area (Å²) in [5, 5.41) is 13.2. The Labute approximate surface area is 217 Å². The average molecular weight is 515 g/mol. The largest absolute Gasteiger partial charge is 0.457 e. The number of thiophene rings is 1. The van der Waals surface area contributed by atoms with Crippen molar-refractivity contribution >= 4 is 34.9 Å². The molecule has 0 spiro atoms. The minimum atomic E-state index is -0.840. The van der Waals surface area contributed by atoms with E-state index in [2.05, 4.69) is 37.6 Å². The van der Waals surface area contributed by atoms with E-state index in [1.165, 1.54) is 23.7 Å². The van der Waals surface area contributed by atoms with Crippen LogP contribution in [0, 0.1) is 12.8 Å². The number of Topliss-reactive ketones (excluding diaryl/α,β-unsaturated/α-hetero) is 1. The zero-order chi connectivity index (χ0) is 25.2. The molecule has 35 heavy (non-hydrogen) atoms. The van der Waals surface area contributed by atoms with E-state index in [1.807, 2.05) is 19.1 Å². The van der Waals surface area contributed by atoms with Gasteiger partial charge in [0.1, 0.15) is 5.60 Å². The molecule has 0 amide bonds. The van der Waals surface area contributed by atoms with Crippen molar-refractivity contribution in [3.8, 4) is 0 Å². The SMILES string of the molecule is Cc1cc(SC2C(=O)C[C@@](CCc3ccsc3)(C3CCCCC3)OC2=O)c(C(C)(C)C)cc1CO. The molecule has 4 rings (SSSR count). The first kappa shape index (κ1) is 26.4. The van der Waals surface area contributed by atoms with E-state index in [9.17, 15) is 14.7 Å². The number of aryl methyl sites for hydroxylation is 2. The van der Waals surface area contributed by atoms with Crippen molar-refractivity contribution in [2.24, 2.45) is 5.92 Å². The molecule has 1 saturated carbocycles. The molecule has 6 heteroatoms. The summed E-state index contributed by atoms with van der Waals surface area (Å²) in [7, 11) is 0. The van der Waals surface area contributed by atoms with Gasteiger partial charge in [0.25, 0.3) is 0 Å². The first-order chi connectivity index (χ1) is 16.6. The maximum atomic E-state index is 13.6. The van der Waals surface area contributed by atoms with Crippen LogP contribution in [0.5, 0.6) is 0 Å². The van der Waals surface area contributed by atoms with Crippen LogP contribution in [0.1, 0.15) is 88.0 Å². The van der Waals surface area contributed by atoms with Gasteiger partial charge in [-0.25, -0.2) is 0 Å². The maximum Gasteiger partial charge on any atom is 0.327 e. The van der Waals surface area contributed by atoms with Crippen molar-refractivity contribution in [3.05, 3.63) is 51.2 Å². The summed E-state index contributed by atoms with van der Waals surface area (Å²) in [6.45, 7) is 8.27. The minimum Gasteiger partial charge on any atom is -0.457 e. The Morgan fingerprint density at radius 1 is 1.17 bits per heavy atom. The highest BCUT2D eigenvalue weighted by atomic mass is 32.2. The third-order valence-corrected chi connectivity index (χ3v) is 9.73. The third-order valence-electron chi connectivity index (χ3n) is 7.71. The van der Waals surface area contributed by atoms with Crippen LogP contribution < -0.4 is 0 Å². The van der Waals surface area contributed by atoms with Gasteiger partial charge in [-0.1, -0.05) is 46.1 Å². The predicted octanol–water partition coefficient (Wildman–Crippen LogP) is 6.77. The topological polar surface area (TPSA) is 63.6 Å². The van der Waals surface area contributed by atoms with E-state index in [0.29, 0.717) is 12.8 Å². The van der Waals surface area contributed by atoms with Crippen LogP contribution in [0.4, 0.5) is 0 Å². The molecule has 190 valence electrons. The summed E-state index contributed by atoms with van der Waals surface area (Å²) in [4.78, 5) is 28.1. The number of aliphatic hydroxyl groups is 1. The molecule has 4 nitrogen and oxygen atoms in total. The van der Waals surface area contributed by atoms with Crippen LogP contribution in [0.2, 0.25) is 0 Å². The monoisotopic (exact) mass is 514 g/mol. The van der Waals surface area contributed by atoms with Crippen molar-refractivity contribution in [2.75, 3.05) is 0 Å². The lowest BCUT2D eigenvalue weighted by Crippen LogP contribution is -2.53. The maximum absolute atomic E-state index is 13.6. The summed E-state index contributed by atoms with van der Waals surface area (Å²) >= 11 is 3.00. The number of esters is 1. The molecular weight excluding hydrogens is 476 g/mol. The van der Waals surface area contributed by atoms with Gasteiger partial charge in [-0.2, -0.15) is 11.3 Å². The average Bonchev–Trinajstić information content (AvgIpc) is 3.34. The van der Waals surface area contributed by atoms with Crippen molar-refractivity contribution in [2.45, 2.75) is 107 Å². The summed E-state index contributed by atoms with van der Waals surface area (Å²) in [5.74, 6) is -0.137. The summed E-state index contributed by atoms with van der Waals surface area (Å²) in [5.41, 5.74) is 3.26. The molecule has 1 saturated heterocycles.